The largest absolute Gasteiger partial charge is 0.274 e. The van der Waals surface area contributed by atoms with Crippen LogP contribution in [0.4, 0.5) is 0 Å². The second-order valence-corrected chi connectivity index (χ2v) is 12.7. The lowest BCUT2D eigenvalue weighted by Crippen LogP contribution is -2.41. The third-order valence-corrected chi connectivity index (χ3v) is 10.0. The van der Waals surface area contributed by atoms with Crippen LogP contribution in [0.1, 0.15) is 86.5 Å². The van der Waals surface area contributed by atoms with Crippen molar-refractivity contribution in [3.8, 4) is 6.07 Å². The van der Waals surface area contributed by atoms with Crippen molar-refractivity contribution in [1.82, 2.24) is 9.80 Å². The Morgan fingerprint density at radius 3 is 1.45 bits per heavy atom. The maximum atomic E-state index is 13.9. The number of benzene rings is 5. The van der Waals surface area contributed by atoms with Gasteiger partial charge in [-0.1, -0.05) is 73.1 Å². The zero-order valence-corrected chi connectivity index (χ0v) is 26.5. The minimum absolute atomic E-state index is 0.0121. The highest BCUT2D eigenvalue weighted by molar-refractivity contribution is 6.56. The summed E-state index contributed by atoms with van der Waals surface area (Å²) in [5.41, 5.74) is 0.532. The third kappa shape index (κ3) is 3.57. The lowest BCUT2D eigenvalue weighted by atomic mass is 9.80. The van der Waals surface area contributed by atoms with Gasteiger partial charge < -0.3 is 0 Å². The number of fused-ring (bicyclic) bond motifs is 2. The highest BCUT2D eigenvalue weighted by Crippen LogP contribution is 2.54. The van der Waals surface area contributed by atoms with Crippen LogP contribution in [0.15, 0.2) is 18.2 Å². The molecule has 0 spiro atoms. The van der Waals surface area contributed by atoms with E-state index in [0.29, 0.717) is 45.2 Å². The van der Waals surface area contributed by atoms with Gasteiger partial charge in [-0.05, 0) is 31.0 Å². The molecule has 44 heavy (non-hydrogen) atoms. The first kappa shape index (κ1) is 29.1. The number of hydrogen-bond donors (Lipinski definition) is 0. The van der Waals surface area contributed by atoms with Gasteiger partial charge in [0.1, 0.15) is 6.07 Å². The van der Waals surface area contributed by atoms with Crippen LogP contribution >= 0.6 is 46.4 Å². The normalized spacial score (nSPS) is 14.8. The Kier molecular flexibility index (Phi) is 6.73. The van der Waals surface area contributed by atoms with Crippen LogP contribution < -0.4 is 0 Å². The molecule has 0 aromatic heterocycles. The Balaban J connectivity index is 1.73. The standard InChI is InChI=1S/C33H21Cl4N3O4/c1-3-5-7-39-30(41)13-9-17(34)23-24-18(35)11-15-21-22(33(44)40(32(15)43)8-6-4-2)16(12-38)29(37)28(27(21)24)25-19(36)10-14(31(39)42)20(13)26(23)25/h9-11H,3-8H2,1-2H3. The molecule has 0 saturated carbocycles. The topological polar surface area (TPSA) is 98.6 Å². The summed E-state index contributed by atoms with van der Waals surface area (Å²) in [4.78, 5) is 57.4. The molecular formula is C33H21Cl4N3O4. The maximum absolute atomic E-state index is 13.9. The van der Waals surface area contributed by atoms with Gasteiger partial charge in [-0.2, -0.15) is 5.26 Å². The summed E-state index contributed by atoms with van der Waals surface area (Å²) in [7, 11) is 0. The summed E-state index contributed by atoms with van der Waals surface area (Å²) in [6, 6.07) is 6.59. The number of halogens is 4. The van der Waals surface area contributed by atoms with Crippen molar-refractivity contribution in [2.45, 2.75) is 39.5 Å². The fourth-order valence-electron chi connectivity index (χ4n) is 6.79. The molecule has 2 heterocycles. The molecule has 0 aliphatic carbocycles. The monoisotopic (exact) mass is 663 g/mol. The number of nitrogens with zero attached hydrogens (tertiary/aromatic N) is 3. The van der Waals surface area contributed by atoms with Crippen LogP contribution in [-0.2, 0) is 0 Å². The predicted molar refractivity (Wildman–Crippen MR) is 173 cm³/mol. The van der Waals surface area contributed by atoms with E-state index in [1.807, 2.05) is 13.8 Å². The number of amides is 4. The Bertz CT molecular complexity index is 2230. The van der Waals surface area contributed by atoms with Crippen molar-refractivity contribution >= 4 is 113 Å². The molecular weight excluding hydrogens is 644 g/mol. The van der Waals surface area contributed by atoms with Crippen molar-refractivity contribution in [3.63, 3.8) is 0 Å². The molecule has 4 amide bonds. The van der Waals surface area contributed by atoms with E-state index in [0.717, 1.165) is 17.7 Å². The van der Waals surface area contributed by atoms with Gasteiger partial charge in [0.2, 0.25) is 0 Å². The van der Waals surface area contributed by atoms with Crippen LogP contribution in [0.5, 0.6) is 0 Å². The van der Waals surface area contributed by atoms with E-state index in [2.05, 4.69) is 6.07 Å². The summed E-state index contributed by atoms with van der Waals surface area (Å²) >= 11 is 28.0. The summed E-state index contributed by atoms with van der Waals surface area (Å²) < 4.78 is 0. The van der Waals surface area contributed by atoms with Crippen LogP contribution in [0.3, 0.4) is 0 Å². The second kappa shape index (κ2) is 10.2. The van der Waals surface area contributed by atoms with E-state index < -0.39 is 23.6 Å². The van der Waals surface area contributed by atoms with Crippen molar-refractivity contribution in [1.29, 1.82) is 5.26 Å². The van der Waals surface area contributed by atoms with E-state index >= 15 is 0 Å². The van der Waals surface area contributed by atoms with E-state index in [1.54, 1.807) is 0 Å². The van der Waals surface area contributed by atoms with Crippen molar-refractivity contribution in [2.24, 2.45) is 0 Å². The molecule has 5 aromatic carbocycles. The highest BCUT2D eigenvalue weighted by Gasteiger charge is 2.40. The Morgan fingerprint density at radius 2 is 1.00 bits per heavy atom. The van der Waals surface area contributed by atoms with Crippen LogP contribution in [0.25, 0.3) is 43.1 Å². The summed E-state index contributed by atoms with van der Waals surface area (Å²) in [6.07, 6.45) is 2.73. The second-order valence-electron chi connectivity index (χ2n) is 11.1. The molecule has 7 rings (SSSR count). The van der Waals surface area contributed by atoms with E-state index in [1.165, 1.54) is 23.1 Å². The molecule has 0 saturated heterocycles. The fraction of sp³-hybridized carbons (Fsp3) is 0.242. The van der Waals surface area contributed by atoms with Gasteiger partial charge in [0, 0.05) is 71.2 Å². The average molecular weight is 665 g/mol. The minimum Gasteiger partial charge on any atom is -0.274 e. The summed E-state index contributed by atoms with van der Waals surface area (Å²) in [6.45, 7) is 4.31. The average Bonchev–Trinajstić information content (AvgIpc) is 3.00. The van der Waals surface area contributed by atoms with Crippen molar-refractivity contribution in [3.05, 3.63) is 66.1 Å². The van der Waals surface area contributed by atoms with E-state index in [9.17, 15) is 24.4 Å². The number of carbonyl (C=O) groups is 4. The Morgan fingerprint density at radius 1 is 0.591 bits per heavy atom. The third-order valence-electron chi connectivity index (χ3n) is 8.74. The SMILES string of the molecule is CCCCN1C(=O)c2cc(Cl)c3c4c(Cl)cc5c6c(c(C#N)c(Cl)c(c7c(Cl)cc(c2c37)C1=O)c64)C(=O)N(CCCC)C5=O. The lowest BCUT2D eigenvalue weighted by molar-refractivity contribution is 0.0593. The fourth-order valence-corrected chi connectivity index (χ4v) is 8.01. The summed E-state index contributed by atoms with van der Waals surface area (Å²) in [5.74, 6) is -2.11. The molecule has 220 valence electrons. The number of rotatable bonds is 6. The van der Waals surface area contributed by atoms with E-state index in [-0.39, 0.29) is 71.8 Å². The van der Waals surface area contributed by atoms with Crippen LogP contribution in [-0.4, -0.2) is 46.5 Å². The molecule has 11 heteroatoms. The van der Waals surface area contributed by atoms with Gasteiger partial charge in [-0.25, -0.2) is 0 Å². The van der Waals surface area contributed by atoms with Crippen LogP contribution in [0.2, 0.25) is 20.1 Å². The summed E-state index contributed by atoms with van der Waals surface area (Å²) in [5, 5.41) is 13.5. The van der Waals surface area contributed by atoms with Gasteiger partial charge in [0.25, 0.3) is 23.6 Å². The number of imide groups is 2. The first-order valence-electron chi connectivity index (χ1n) is 14.2. The zero-order chi connectivity index (χ0) is 31.4. The quantitative estimate of drug-likeness (QED) is 0.102. The molecule has 0 radical (unpaired) electrons. The minimum atomic E-state index is -0.620. The molecule has 0 N–H and O–H groups in total. The van der Waals surface area contributed by atoms with E-state index in [4.69, 9.17) is 46.4 Å². The zero-order valence-electron chi connectivity index (χ0n) is 23.5. The van der Waals surface area contributed by atoms with Crippen molar-refractivity contribution < 1.29 is 19.2 Å². The lowest BCUT2D eigenvalue weighted by Gasteiger charge is -2.31. The van der Waals surface area contributed by atoms with Gasteiger partial charge in [0.15, 0.2) is 0 Å². The molecule has 0 unspecified atom stereocenters. The first-order valence-corrected chi connectivity index (χ1v) is 15.7. The predicted octanol–water partition coefficient (Wildman–Crippen LogP) is 9.01. The van der Waals surface area contributed by atoms with Gasteiger partial charge >= 0.3 is 0 Å². The number of nitriles is 1. The Hall–Kier alpha value is -3.67. The highest BCUT2D eigenvalue weighted by atomic mass is 35.5. The smallest absolute Gasteiger partial charge is 0.262 e. The molecule has 7 nitrogen and oxygen atoms in total. The molecule has 2 aliphatic heterocycles. The Labute approximate surface area is 271 Å². The van der Waals surface area contributed by atoms with Gasteiger partial charge in [-0.15, -0.1) is 0 Å². The van der Waals surface area contributed by atoms with Gasteiger partial charge in [0.05, 0.1) is 32.8 Å². The molecule has 0 bridgehead atoms. The number of unbranched alkanes of at least 4 members (excludes halogenated alkanes) is 2. The maximum Gasteiger partial charge on any atom is 0.262 e. The van der Waals surface area contributed by atoms with Crippen LogP contribution in [0, 0.1) is 11.3 Å². The molecule has 0 atom stereocenters. The number of hydrogen-bond acceptors (Lipinski definition) is 5. The van der Waals surface area contributed by atoms with Crippen molar-refractivity contribution in [2.75, 3.05) is 13.1 Å². The molecule has 2 aliphatic rings. The molecule has 5 aromatic rings. The first-order chi connectivity index (χ1) is 21.1. The number of carbonyl (C=O) groups excluding carboxylic acids is 4. The molecule has 0 fully saturated rings. The van der Waals surface area contributed by atoms with Gasteiger partial charge in [-0.3, -0.25) is 29.0 Å².